The molecule has 22 heavy (non-hydrogen) atoms. The number of aromatic nitrogens is 2. The lowest BCUT2D eigenvalue weighted by molar-refractivity contribution is -0.139. The second kappa shape index (κ2) is 6.41. The van der Waals surface area contributed by atoms with Crippen molar-refractivity contribution >= 4 is 5.91 Å². The van der Waals surface area contributed by atoms with Gasteiger partial charge in [0.05, 0.1) is 24.3 Å². The molecule has 2 aliphatic heterocycles. The van der Waals surface area contributed by atoms with Gasteiger partial charge in [0, 0.05) is 12.2 Å². The summed E-state index contributed by atoms with van der Waals surface area (Å²) in [5, 5.41) is 4.58. The van der Waals surface area contributed by atoms with Gasteiger partial charge >= 0.3 is 0 Å². The molecule has 5 heteroatoms. The molecule has 0 saturated carbocycles. The summed E-state index contributed by atoms with van der Waals surface area (Å²) < 4.78 is 2.07. The number of carbonyl (C=O) groups excluding carboxylic acids is 1. The summed E-state index contributed by atoms with van der Waals surface area (Å²) in [6.45, 7) is 6.92. The molecule has 3 rings (SSSR count). The van der Waals surface area contributed by atoms with Crippen LogP contribution < -0.4 is 0 Å². The Morgan fingerprint density at radius 3 is 2.68 bits per heavy atom. The minimum atomic E-state index is 0.0982. The average Bonchev–Trinajstić information content (AvgIpc) is 3.05. The van der Waals surface area contributed by atoms with Crippen molar-refractivity contribution in [1.82, 2.24) is 19.6 Å². The first-order valence-corrected chi connectivity index (χ1v) is 8.58. The van der Waals surface area contributed by atoms with Crippen LogP contribution in [-0.4, -0.2) is 57.7 Å². The Balaban J connectivity index is 1.73. The normalized spacial score (nSPS) is 26.6. The number of hydrogen-bond acceptors (Lipinski definition) is 3. The van der Waals surface area contributed by atoms with Crippen LogP contribution in [0, 0.1) is 13.8 Å². The van der Waals surface area contributed by atoms with Crippen molar-refractivity contribution in [2.45, 2.75) is 64.6 Å². The molecule has 2 aliphatic rings. The molecule has 0 N–H and O–H groups in total. The number of amides is 1. The molecule has 2 saturated heterocycles. The maximum atomic E-state index is 13.0. The molecule has 0 aromatic carbocycles. The van der Waals surface area contributed by atoms with E-state index in [0.717, 1.165) is 51.0 Å². The van der Waals surface area contributed by atoms with Gasteiger partial charge < -0.3 is 4.90 Å². The van der Waals surface area contributed by atoms with E-state index in [2.05, 4.69) is 39.6 Å². The highest BCUT2D eigenvalue weighted by Gasteiger charge is 2.35. The van der Waals surface area contributed by atoms with E-state index in [0.29, 0.717) is 11.9 Å². The van der Waals surface area contributed by atoms with Gasteiger partial charge in [0.2, 0.25) is 5.91 Å². The van der Waals surface area contributed by atoms with Crippen LogP contribution in [-0.2, 0) is 11.3 Å². The van der Waals surface area contributed by atoms with Gasteiger partial charge in [-0.15, -0.1) is 0 Å². The first-order chi connectivity index (χ1) is 10.6. The molecule has 1 aromatic heterocycles. The molecule has 0 aliphatic carbocycles. The number of hydrogen-bond donors (Lipinski definition) is 0. The highest BCUT2D eigenvalue weighted by atomic mass is 16.2. The molecule has 122 valence electrons. The van der Waals surface area contributed by atoms with E-state index in [1.807, 2.05) is 6.92 Å². The first kappa shape index (κ1) is 15.5. The van der Waals surface area contributed by atoms with E-state index in [-0.39, 0.29) is 6.04 Å². The van der Waals surface area contributed by atoms with Crippen molar-refractivity contribution < 1.29 is 4.79 Å². The van der Waals surface area contributed by atoms with Gasteiger partial charge in [-0.25, -0.2) is 0 Å². The lowest BCUT2D eigenvalue weighted by Crippen LogP contribution is -2.52. The predicted octanol–water partition coefficient (Wildman–Crippen LogP) is 1.98. The Morgan fingerprint density at radius 2 is 2.05 bits per heavy atom. The van der Waals surface area contributed by atoms with Crippen LogP contribution in [0.5, 0.6) is 0 Å². The first-order valence-electron chi connectivity index (χ1n) is 8.58. The molecule has 0 bridgehead atoms. The maximum absolute atomic E-state index is 13.0. The maximum Gasteiger partial charge on any atom is 0.240 e. The number of piperidine rings is 1. The monoisotopic (exact) mass is 304 g/mol. The lowest BCUT2D eigenvalue weighted by atomic mass is 10.00. The number of aryl methyl sites for hydroxylation is 2. The van der Waals surface area contributed by atoms with Crippen LogP contribution in [0.15, 0.2) is 6.07 Å². The second-order valence-electron chi connectivity index (χ2n) is 6.93. The van der Waals surface area contributed by atoms with Gasteiger partial charge in [-0.05, 0) is 65.6 Å². The van der Waals surface area contributed by atoms with Gasteiger partial charge in [0.25, 0.3) is 0 Å². The van der Waals surface area contributed by atoms with Crippen molar-refractivity contribution in [3.8, 4) is 0 Å². The SMILES string of the molecule is Cc1cc(C)n(CC2CCCCN2C(=O)C2CCCN2C)n1. The fraction of sp³-hybridized carbons (Fsp3) is 0.765. The summed E-state index contributed by atoms with van der Waals surface area (Å²) in [5.41, 5.74) is 2.25. The molecule has 1 aromatic rings. The predicted molar refractivity (Wildman–Crippen MR) is 86.7 cm³/mol. The van der Waals surface area contributed by atoms with Gasteiger partial charge in [-0.3, -0.25) is 14.4 Å². The van der Waals surface area contributed by atoms with Crippen molar-refractivity contribution in [3.05, 3.63) is 17.5 Å². The average molecular weight is 304 g/mol. The van der Waals surface area contributed by atoms with E-state index in [1.165, 1.54) is 12.1 Å². The third-order valence-electron chi connectivity index (χ3n) is 5.20. The summed E-state index contributed by atoms with van der Waals surface area (Å²) in [6, 6.07) is 2.51. The Morgan fingerprint density at radius 1 is 1.23 bits per heavy atom. The van der Waals surface area contributed by atoms with E-state index in [1.54, 1.807) is 0 Å². The number of likely N-dealkylation sites (tertiary alicyclic amines) is 2. The molecule has 2 unspecified atom stereocenters. The van der Waals surface area contributed by atoms with Crippen molar-refractivity contribution in [2.24, 2.45) is 0 Å². The standard InChI is InChI=1S/C17H28N4O/c1-13-11-14(2)21(18-13)12-15-7-4-5-10-20(15)17(22)16-8-6-9-19(16)3/h11,15-16H,4-10,12H2,1-3H3. The summed E-state index contributed by atoms with van der Waals surface area (Å²) in [7, 11) is 2.08. The Hall–Kier alpha value is -1.36. The number of carbonyl (C=O) groups is 1. The molecule has 0 radical (unpaired) electrons. The molecule has 2 atom stereocenters. The molecule has 0 spiro atoms. The van der Waals surface area contributed by atoms with Crippen molar-refractivity contribution in [1.29, 1.82) is 0 Å². The molecular weight excluding hydrogens is 276 g/mol. The third-order valence-corrected chi connectivity index (χ3v) is 5.20. The lowest BCUT2D eigenvalue weighted by Gasteiger charge is -2.38. The summed E-state index contributed by atoms with van der Waals surface area (Å²) in [4.78, 5) is 17.3. The van der Waals surface area contributed by atoms with Gasteiger partial charge in [-0.2, -0.15) is 5.10 Å². The van der Waals surface area contributed by atoms with Gasteiger partial charge in [0.15, 0.2) is 0 Å². The Labute approximate surface area is 133 Å². The van der Waals surface area contributed by atoms with Crippen LogP contribution in [0.1, 0.15) is 43.5 Å². The summed E-state index contributed by atoms with van der Waals surface area (Å²) in [6.07, 6.45) is 5.60. The molecule has 5 nitrogen and oxygen atoms in total. The number of nitrogens with zero attached hydrogens (tertiary/aromatic N) is 4. The van der Waals surface area contributed by atoms with E-state index < -0.39 is 0 Å². The highest BCUT2D eigenvalue weighted by molar-refractivity contribution is 5.82. The van der Waals surface area contributed by atoms with Crippen LogP contribution in [0.25, 0.3) is 0 Å². The van der Waals surface area contributed by atoms with Gasteiger partial charge in [0.1, 0.15) is 0 Å². The van der Waals surface area contributed by atoms with Crippen molar-refractivity contribution in [2.75, 3.05) is 20.1 Å². The molecule has 3 heterocycles. The van der Waals surface area contributed by atoms with E-state index in [4.69, 9.17) is 0 Å². The van der Waals surface area contributed by atoms with Crippen LogP contribution in [0.2, 0.25) is 0 Å². The number of rotatable bonds is 3. The smallest absolute Gasteiger partial charge is 0.240 e. The van der Waals surface area contributed by atoms with Crippen molar-refractivity contribution in [3.63, 3.8) is 0 Å². The number of likely N-dealkylation sites (N-methyl/N-ethyl adjacent to an activating group) is 1. The fourth-order valence-corrected chi connectivity index (χ4v) is 3.95. The third kappa shape index (κ3) is 3.05. The molecular formula is C17H28N4O. The zero-order chi connectivity index (χ0) is 15.7. The quantitative estimate of drug-likeness (QED) is 0.857. The summed E-state index contributed by atoms with van der Waals surface area (Å²) >= 11 is 0. The van der Waals surface area contributed by atoms with Crippen LogP contribution in [0.4, 0.5) is 0 Å². The Bertz CT molecular complexity index is 539. The summed E-state index contributed by atoms with van der Waals surface area (Å²) in [5.74, 6) is 0.339. The Kier molecular flexibility index (Phi) is 4.52. The largest absolute Gasteiger partial charge is 0.336 e. The van der Waals surface area contributed by atoms with E-state index in [9.17, 15) is 4.79 Å². The zero-order valence-corrected chi connectivity index (χ0v) is 14.1. The molecule has 1 amide bonds. The zero-order valence-electron chi connectivity index (χ0n) is 14.1. The topological polar surface area (TPSA) is 41.4 Å². The minimum absolute atomic E-state index is 0.0982. The minimum Gasteiger partial charge on any atom is -0.336 e. The molecule has 2 fully saturated rings. The second-order valence-corrected chi connectivity index (χ2v) is 6.93. The van der Waals surface area contributed by atoms with E-state index >= 15 is 0 Å². The van der Waals surface area contributed by atoms with Crippen LogP contribution in [0.3, 0.4) is 0 Å². The van der Waals surface area contributed by atoms with Gasteiger partial charge in [-0.1, -0.05) is 0 Å². The van der Waals surface area contributed by atoms with Crippen LogP contribution >= 0.6 is 0 Å². The fourth-order valence-electron chi connectivity index (χ4n) is 3.95. The highest BCUT2D eigenvalue weighted by Crippen LogP contribution is 2.24.